The van der Waals surface area contributed by atoms with Crippen LogP contribution < -0.4 is 5.32 Å². The van der Waals surface area contributed by atoms with E-state index in [2.05, 4.69) is 15.5 Å². The lowest BCUT2D eigenvalue weighted by Crippen LogP contribution is -2.24. The number of hydrogen-bond acceptors (Lipinski definition) is 2. The van der Waals surface area contributed by atoms with Gasteiger partial charge in [-0.3, -0.25) is 9.89 Å². The van der Waals surface area contributed by atoms with Crippen molar-refractivity contribution >= 4 is 5.91 Å². The smallest absolute Gasteiger partial charge is 0.244 e. The lowest BCUT2D eigenvalue weighted by Gasteiger charge is -2.09. The molecule has 4 heteroatoms. The van der Waals surface area contributed by atoms with Crippen LogP contribution in [-0.4, -0.2) is 16.1 Å². The first kappa shape index (κ1) is 11.2. The molecule has 0 bridgehead atoms. The second-order valence-corrected chi connectivity index (χ2v) is 3.15. The molecule has 1 atom stereocenters. The van der Waals surface area contributed by atoms with E-state index >= 15 is 0 Å². The Balaban J connectivity index is 2.45. The molecule has 80 valence electrons. The van der Waals surface area contributed by atoms with E-state index in [-0.39, 0.29) is 11.9 Å². The molecule has 0 saturated carbocycles. The molecule has 0 aromatic carbocycles. The number of amides is 1. The fraction of sp³-hybridized carbons (Fsp3) is 0.273. The highest BCUT2D eigenvalue weighted by Gasteiger charge is 2.07. The van der Waals surface area contributed by atoms with Crippen molar-refractivity contribution < 1.29 is 4.79 Å². The number of nitrogens with one attached hydrogen (secondary N) is 2. The van der Waals surface area contributed by atoms with E-state index in [9.17, 15) is 4.79 Å². The SMILES string of the molecule is CC=CC=CC(=O)NC(C)c1cn[nH]c1. The molecule has 2 N–H and O–H groups in total. The normalized spacial score (nSPS) is 13.5. The summed E-state index contributed by atoms with van der Waals surface area (Å²) in [7, 11) is 0. The molecule has 0 aliphatic heterocycles. The average Bonchev–Trinajstić information content (AvgIpc) is 2.70. The number of carbonyl (C=O) groups excluding carboxylic acids is 1. The summed E-state index contributed by atoms with van der Waals surface area (Å²) in [5.74, 6) is -0.109. The van der Waals surface area contributed by atoms with E-state index < -0.39 is 0 Å². The van der Waals surface area contributed by atoms with Gasteiger partial charge in [0.25, 0.3) is 0 Å². The maximum atomic E-state index is 11.4. The van der Waals surface area contributed by atoms with Crippen LogP contribution in [-0.2, 0) is 4.79 Å². The first-order chi connectivity index (χ1) is 7.24. The monoisotopic (exact) mass is 205 g/mol. The molecule has 0 saturated heterocycles. The summed E-state index contributed by atoms with van der Waals surface area (Å²) >= 11 is 0. The summed E-state index contributed by atoms with van der Waals surface area (Å²) in [5.41, 5.74) is 0.961. The molecule has 4 nitrogen and oxygen atoms in total. The molecule has 0 aliphatic carbocycles. The van der Waals surface area contributed by atoms with Crippen LogP contribution >= 0.6 is 0 Å². The van der Waals surface area contributed by atoms with Gasteiger partial charge in [0.05, 0.1) is 12.2 Å². The van der Waals surface area contributed by atoms with Gasteiger partial charge in [-0.15, -0.1) is 0 Å². The third-order valence-corrected chi connectivity index (χ3v) is 1.93. The number of allylic oxidation sites excluding steroid dienone is 3. The van der Waals surface area contributed by atoms with Gasteiger partial charge >= 0.3 is 0 Å². The lowest BCUT2D eigenvalue weighted by atomic mass is 10.2. The Labute approximate surface area is 89.1 Å². The standard InChI is InChI=1S/C11H15N3O/c1-3-4-5-6-11(15)14-9(2)10-7-12-13-8-10/h3-9H,1-2H3,(H,12,13)(H,14,15). The molecule has 1 unspecified atom stereocenters. The fourth-order valence-corrected chi connectivity index (χ4v) is 1.10. The van der Waals surface area contributed by atoms with Crippen molar-refractivity contribution in [3.63, 3.8) is 0 Å². The highest BCUT2D eigenvalue weighted by atomic mass is 16.1. The summed E-state index contributed by atoms with van der Waals surface area (Å²) < 4.78 is 0. The van der Waals surface area contributed by atoms with Gasteiger partial charge in [0, 0.05) is 17.8 Å². The van der Waals surface area contributed by atoms with Gasteiger partial charge in [-0.2, -0.15) is 5.10 Å². The van der Waals surface area contributed by atoms with Crippen molar-refractivity contribution in [3.05, 3.63) is 42.3 Å². The minimum atomic E-state index is -0.109. The van der Waals surface area contributed by atoms with E-state index in [0.717, 1.165) is 5.56 Å². The molecule has 0 fully saturated rings. The fourth-order valence-electron chi connectivity index (χ4n) is 1.10. The zero-order valence-electron chi connectivity index (χ0n) is 8.90. The Morgan fingerprint density at radius 1 is 1.60 bits per heavy atom. The molecule has 1 heterocycles. The van der Waals surface area contributed by atoms with Crippen LogP contribution in [0.2, 0.25) is 0 Å². The van der Waals surface area contributed by atoms with Crippen LogP contribution in [0, 0.1) is 0 Å². The average molecular weight is 205 g/mol. The molecule has 0 spiro atoms. The van der Waals surface area contributed by atoms with Crippen molar-refractivity contribution in [3.8, 4) is 0 Å². The zero-order chi connectivity index (χ0) is 11.1. The first-order valence-electron chi connectivity index (χ1n) is 4.82. The lowest BCUT2D eigenvalue weighted by molar-refractivity contribution is -0.117. The minimum Gasteiger partial charge on any atom is -0.346 e. The van der Waals surface area contributed by atoms with E-state index in [0.29, 0.717) is 0 Å². The molecule has 1 rings (SSSR count). The van der Waals surface area contributed by atoms with Crippen molar-refractivity contribution in [2.75, 3.05) is 0 Å². The summed E-state index contributed by atoms with van der Waals surface area (Å²) in [6.07, 6.45) is 10.3. The largest absolute Gasteiger partial charge is 0.346 e. The highest BCUT2D eigenvalue weighted by molar-refractivity contribution is 5.88. The predicted molar refractivity (Wildman–Crippen MR) is 59.1 cm³/mol. The van der Waals surface area contributed by atoms with Crippen molar-refractivity contribution in [1.29, 1.82) is 0 Å². The zero-order valence-corrected chi connectivity index (χ0v) is 8.90. The van der Waals surface area contributed by atoms with Crippen LogP contribution in [0.3, 0.4) is 0 Å². The molecule has 0 radical (unpaired) electrons. The number of nitrogens with zero attached hydrogens (tertiary/aromatic N) is 1. The van der Waals surface area contributed by atoms with Crippen molar-refractivity contribution in [2.24, 2.45) is 0 Å². The molecule has 1 aromatic heterocycles. The highest BCUT2D eigenvalue weighted by Crippen LogP contribution is 2.08. The van der Waals surface area contributed by atoms with Crippen LogP contribution in [0.5, 0.6) is 0 Å². The third kappa shape index (κ3) is 3.81. The number of carbonyl (C=O) groups is 1. The molecule has 1 aromatic rings. The molecule has 1 amide bonds. The van der Waals surface area contributed by atoms with Gasteiger partial charge in [-0.1, -0.05) is 18.2 Å². The van der Waals surface area contributed by atoms with Crippen molar-refractivity contribution in [2.45, 2.75) is 19.9 Å². The number of H-pyrrole nitrogens is 1. The van der Waals surface area contributed by atoms with E-state index in [1.807, 2.05) is 26.0 Å². The predicted octanol–water partition coefficient (Wildman–Crippen LogP) is 1.72. The van der Waals surface area contributed by atoms with E-state index in [1.165, 1.54) is 6.08 Å². The van der Waals surface area contributed by atoms with Gasteiger partial charge in [-0.05, 0) is 13.8 Å². The number of aromatic nitrogens is 2. The van der Waals surface area contributed by atoms with Gasteiger partial charge < -0.3 is 5.32 Å². The number of rotatable bonds is 4. The topological polar surface area (TPSA) is 57.8 Å². The Hall–Kier alpha value is -1.84. The Kier molecular flexibility index (Phi) is 4.34. The summed E-state index contributed by atoms with van der Waals surface area (Å²) in [4.78, 5) is 11.4. The molecular formula is C11H15N3O. The van der Waals surface area contributed by atoms with Gasteiger partial charge in [0.2, 0.25) is 5.91 Å². The number of hydrogen-bond donors (Lipinski definition) is 2. The summed E-state index contributed by atoms with van der Waals surface area (Å²) in [6.45, 7) is 3.81. The molecule has 0 aliphatic rings. The summed E-state index contributed by atoms with van der Waals surface area (Å²) in [5, 5.41) is 9.35. The molecular weight excluding hydrogens is 190 g/mol. The Morgan fingerprint density at radius 2 is 2.40 bits per heavy atom. The van der Waals surface area contributed by atoms with Crippen LogP contribution in [0.1, 0.15) is 25.5 Å². The maximum Gasteiger partial charge on any atom is 0.244 e. The third-order valence-electron chi connectivity index (χ3n) is 1.93. The minimum absolute atomic E-state index is 0.0356. The maximum absolute atomic E-state index is 11.4. The first-order valence-corrected chi connectivity index (χ1v) is 4.82. The Morgan fingerprint density at radius 3 is 3.00 bits per heavy atom. The second-order valence-electron chi connectivity index (χ2n) is 3.15. The van der Waals surface area contributed by atoms with Gasteiger partial charge in [0.1, 0.15) is 0 Å². The van der Waals surface area contributed by atoms with E-state index in [1.54, 1.807) is 18.5 Å². The summed E-state index contributed by atoms with van der Waals surface area (Å²) in [6, 6.07) is -0.0356. The van der Waals surface area contributed by atoms with Gasteiger partial charge in [-0.25, -0.2) is 0 Å². The Bertz CT molecular complexity index is 352. The number of aromatic amines is 1. The van der Waals surface area contributed by atoms with Crippen LogP contribution in [0.4, 0.5) is 0 Å². The van der Waals surface area contributed by atoms with E-state index in [4.69, 9.17) is 0 Å². The second kappa shape index (κ2) is 5.80. The molecule has 15 heavy (non-hydrogen) atoms. The quantitative estimate of drug-likeness (QED) is 0.581. The van der Waals surface area contributed by atoms with Gasteiger partial charge in [0.15, 0.2) is 0 Å². The van der Waals surface area contributed by atoms with Crippen LogP contribution in [0.25, 0.3) is 0 Å². The van der Waals surface area contributed by atoms with Crippen LogP contribution in [0.15, 0.2) is 36.7 Å². The van der Waals surface area contributed by atoms with Crippen molar-refractivity contribution in [1.82, 2.24) is 15.5 Å².